The van der Waals surface area contributed by atoms with E-state index in [1.54, 1.807) is 10.9 Å². The number of hydrogen-bond acceptors (Lipinski definition) is 7. The Bertz CT molecular complexity index is 1200. The van der Waals surface area contributed by atoms with E-state index < -0.39 is 6.09 Å². The number of aromatic nitrogens is 6. The van der Waals surface area contributed by atoms with Crippen LogP contribution in [0.4, 0.5) is 10.7 Å². The number of primary amides is 1. The Labute approximate surface area is 172 Å². The van der Waals surface area contributed by atoms with Gasteiger partial charge in [-0.15, -0.1) is 5.10 Å². The number of rotatable bonds is 3. The smallest absolute Gasteiger partial charge is 0.402 e. The predicted octanol–water partition coefficient (Wildman–Crippen LogP) is 3.04. The number of carboxylic acid groups (broad SMARTS) is 1. The van der Waals surface area contributed by atoms with Gasteiger partial charge in [0.05, 0.1) is 17.4 Å². The Balaban J connectivity index is 0.000000503. The molecule has 1 aliphatic carbocycles. The average Bonchev–Trinajstić information content (AvgIpc) is 3.37. The van der Waals surface area contributed by atoms with E-state index >= 15 is 0 Å². The van der Waals surface area contributed by atoms with Gasteiger partial charge in [-0.1, -0.05) is 24.1 Å². The Hall–Kier alpha value is -3.82. The first-order chi connectivity index (χ1) is 14.5. The molecule has 10 nitrogen and oxygen atoms in total. The van der Waals surface area contributed by atoms with Crippen LogP contribution in [0.25, 0.3) is 27.8 Å². The number of benzene rings is 1. The van der Waals surface area contributed by atoms with Gasteiger partial charge in [0, 0.05) is 17.1 Å². The molecule has 4 aromatic rings. The SMILES string of the molecule is Cc1ccc2cc(-n3nnc4cnc(NC5CCCC5)nc43)ccc2n1.NC(=O)O. The summed E-state index contributed by atoms with van der Waals surface area (Å²) in [6, 6.07) is 10.6. The van der Waals surface area contributed by atoms with Crippen LogP contribution in [0, 0.1) is 6.92 Å². The summed E-state index contributed by atoms with van der Waals surface area (Å²) in [6.45, 7) is 1.99. The molecular formula is C20H22N8O2. The van der Waals surface area contributed by atoms with Gasteiger partial charge < -0.3 is 16.2 Å². The van der Waals surface area contributed by atoms with Gasteiger partial charge in [0.25, 0.3) is 0 Å². The fourth-order valence-corrected chi connectivity index (χ4v) is 3.57. The number of carbonyl (C=O) groups is 1. The minimum Gasteiger partial charge on any atom is -0.465 e. The molecule has 4 N–H and O–H groups in total. The van der Waals surface area contributed by atoms with Crippen molar-refractivity contribution in [3.63, 3.8) is 0 Å². The van der Waals surface area contributed by atoms with E-state index in [0.29, 0.717) is 23.2 Å². The number of nitrogens with two attached hydrogens (primary N) is 1. The highest BCUT2D eigenvalue weighted by Gasteiger charge is 2.17. The molecule has 5 rings (SSSR count). The molecule has 0 radical (unpaired) electrons. The molecule has 30 heavy (non-hydrogen) atoms. The zero-order valence-electron chi connectivity index (χ0n) is 16.5. The van der Waals surface area contributed by atoms with Crippen LogP contribution in [-0.4, -0.2) is 47.2 Å². The van der Waals surface area contributed by atoms with Crippen molar-refractivity contribution in [3.8, 4) is 5.69 Å². The van der Waals surface area contributed by atoms with Crippen molar-refractivity contribution in [1.82, 2.24) is 29.9 Å². The van der Waals surface area contributed by atoms with Crippen LogP contribution in [0.15, 0.2) is 36.5 Å². The number of amides is 1. The average molecular weight is 406 g/mol. The first-order valence-electron chi connectivity index (χ1n) is 9.71. The number of anilines is 1. The number of aryl methyl sites for hydroxylation is 1. The quantitative estimate of drug-likeness (QED) is 0.471. The van der Waals surface area contributed by atoms with Crippen molar-refractivity contribution in [3.05, 3.63) is 42.2 Å². The molecular weight excluding hydrogens is 384 g/mol. The lowest BCUT2D eigenvalue weighted by atomic mass is 10.2. The lowest BCUT2D eigenvalue weighted by Gasteiger charge is -2.11. The number of hydrogen-bond donors (Lipinski definition) is 3. The van der Waals surface area contributed by atoms with Gasteiger partial charge >= 0.3 is 6.09 Å². The summed E-state index contributed by atoms with van der Waals surface area (Å²) in [5, 5.41) is 20.2. The summed E-state index contributed by atoms with van der Waals surface area (Å²) in [5.74, 6) is 0.644. The van der Waals surface area contributed by atoms with Gasteiger partial charge in [0.15, 0.2) is 11.2 Å². The molecule has 3 heterocycles. The molecule has 0 bridgehead atoms. The Morgan fingerprint density at radius 2 is 1.93 bits per heavy atom. The van der Waals surface area contributed by atoms with Gasteiger partial charge in [0.2, 0.25) is 5.95 Å². The van der Waals surface area contributed by atoms with E-state index in [9.17, 15) is 0 Å². The zero-order valence-corrected chi connectivity index (χ0v) is 16.5. The van der Waals surface area contributed by atoms with Gasteiger partial charge in [-0.3, -0.25) is 4.98 Å². The lowest BCUT2D eigenvalue weighted by Crippen LogP contribution is -2.16. The minimum absolute atomic E-state index is 0.465. The van der Waals surface area contributed by atoms with E-state index in [1.807, 2.05) is 25.1 Å². The van der Waals surface area contributed by atoms with Crippen molar-refractivity contribution in [2.24, 2.45) is 5.73 Å². The Kier molecular flexibility index (Phi) is 5.38. The summed E-state index contributed by atoms with van der Waals surface area (Å²) >= 11 is 0. The molecule has 0 saturated heterocycles. The zero-order chi connectivity index (χ0) is 21.1. The first-order valence-corrected chi connectivity index (χ1v) is 9.71. The molecule has 0 unspecified atom stereocenters. The predicted molar refractivity (Wildman–Crippen MR) is 113 cm³/mol. The van der Waals surface area contributed by atoms with Crippen molar-refractivity contribution in [2.45, 2.75) is 38.6 Å². The molecule has 0 spiro atoms. The fraction of sp³-hybridized carbons (Fsp3) is 0.300. The van der Waals surface area contributed by atoms with E-state index in [2.05, 4.69) is 48.4 Å². The largest absolute Gasteiger partial charge is 0.465 e. The van der Waals surface area contributed by atoms with Crippen molar-refractivity contribution >= 4 is 34.1 Å². The maximum absolute atomic E-state index is 8.78. The standard InChI is InChI=1S/C19H19N7.CH3NO2/c1-12-6-7-13-10-15(8-9-16(13)21-12)26-18-17(24-25-26)11-20-19(23-18)22-14-4-2-3-5-14;2-1(3)4/h6-11,14H,2-5H2,1H3,(H,20,22,23);2H2,(H,3,4). The summed E-state index contributed by atoms with van der Waals surface area (Å²) in [6.07, 6.45) is 5.29. The van der Waals surface area contributed by atoms with Crippen LogP contribution in [0.3, 0.4) is 0 Å². The fourth-order valence-electron chi connectivity index (χ4n) is 3.57. The molecule has 3 aromatic heterocycles. The van der Waals surface area contributed by atoms with E-state index in [1.165, 1.54) is 25.7 Å². The highest BCUT2D eigenvalue weighted by atomic mass is 16.4. The molecule has 10 heteroatoms. The number of nitrogens with one attached hydrogen (secondary N) is 1. The van der Waals surface area contributed by atoms with E-state index in [4.69, 9.17) is 9.90 Å². The second-order valence-electron chi connectivity index (χ2n) is 7.20. The van der Waals surface area contributed by atoms with Crippen molar-refractivity contribution in [1.29, 1.82) is 0 Å². The normalized spacial score (nSPS) is 13.9. The van der Waals surface area contributed by atoms with E-state index in [0.717, 1.165) is 22.3 Å². The third kappa shape index (κ3) is 4.27. The maximum Gasteiger partial charge on any atom is 0.402 e. The van der Waals surface area contributed by atoms with Crippen LogP contribution in [-0.2, 0) is 0 Å². The van der Waals surface area contributed by atoms with Gasteiger partial charge in [0.1, 0.15) is 0 Å². The van der Waals surface area contributed by atoms with Gasteiger partial charge in [-0.05, 0) is 44.0 Å². The molecule has 1 fully saturated rings. The third-order valence-corrected chi connectivity index (χ3v) is 4.94. The van der Waals surface area contributed by atoms with Crippen LogP contribution in [0.5, 0.6) is 0 Å². The van der Waals surface area contributed by atoms with Crippen LogP contribution in [0.1, 0.15) is 31.4 Å². The highest BCUT2D eigenvalue weighted by molar-refractivity contribution is 5.82. The van der Waals surface area contributed by atoms with Crippen LogP contribution >= 0.6 is 0 Å². The Morgan fingerprint density at radius 1 is 1.17 bits per heavy atom. The van der Waals surface area contributed by atoms with Gasteiger partial charge in [-0.2, -0.15) is 9.67 Å². The molecule has 1 aliphatic rings. The lowest BCUT2D eigenvalue weighted by molar-refractivity contribution is 0.205. The number of pyridine rings is 1. The van der Waals surface area contributed by atoms with Crippen LogP contribution in [0.2, 0.25) is 0 Å². The third-order valence-electron chi connectivity index (χ3n) is 4.94. The maximum atomic E-state index is 8.78. The van der Waals surface area contributed by atoms with Gasteiger partial charge in [-0.25, -0.2) is 9.78 Å². The summed E-state index contributed by atoms with van der Waals surface area (Å²) in [5.41, 5.74) is 8.31. The first kappa shape index (κ1) is 19.5. The monoisotopic (exact) mass is 406 g/mol. The van der Waals surface area contributed by atoms with Crippen LogP contribution < -0.4 is 11.1 Å². The summed E-state index contributed by atoms with van der Waals surface area (Å²) in [7, 11) is 0. The second-order valence-corrected chi connectivity index (χ2v) is 7.20. The number of fused-ring (bicyclic) bond motifs is 2. The van der Waals surface area contributed by atoms with Crippen molar-refractivity contribution in [2.75, 3.05) is 5.32 Å². The number of nitrogens with zero attached hydrogens (tertiary/aromatic N) is 6. The summed E-state index contributed by atoms with van der Waals surface area (Å²) in [4.78, 5) is 22.4. The Morgan fingerprint density at radius 3 is 2.70 bits per heavy atom. The molecule has 1 aromatic carbocycles. The highest BCUT2D eigenvalue weighted by Crippen LogP contribution is 2.23. The summed E-state index contributed by atoms with van der Waals surface area (Å²) < 4.78 is 1.76. The van der Waals surface area contributed by atoms with Crippen molar-refractivity contribution < 1.29 is 9.90 Å². The molecule has 0 aliphatic heterocycles. The molecule has 1 amide bonds. The molecule has 154 valence electrons. The topological polar surface area (TPSA) is 145 Å². The molecule has 0 atom stereocenters. The molecule has 1 saturated carbocycles. The second kappa shape index (κ2) is 8.27. The minimum atomic E-state index is -1.33. The van der Waals surface area contributed by atoms with E-state index in [-0.39, 0.29) is 0 Å².